The van der Waals surface area contributed by atoms with Crippen molar-refractivity contribution in [1.29, 1.82) is 0 Å². The first-order chi connectivity index (χ1) is 10.3. The lowest BCUT2D eigenvalue weighted by Crippen LogP contribution is -2.52. The number of aliphatic hydroxyl groups is 1. The molecule has 0 aliphatic heterocycles. The highest BCUT2D eigenvalue weighted by atomic mass is 16.3. The van der Waals surface area contributed by atoms with Crippen molar-refractivity contribution < 1.29 is 5.11 Å². The molecule has 21 heavy (non-hydrogen) atoms. The van der Waals surface area contributed by atoms with Gasteiger partial charge in [-0.15, -0.1) is 0 Å². The Balaban J connectivity index is 1.47. The van der Waals surface area contributed by atoms with Crippen LogP contribution in [0.1, 0.15) is 57.8 Å². The van der Waals surface area contributed by atoms with Crippen molar-refractivity contribution in [1.82, 2.24) is 0 Å². The van der Waals surface area contributed by atoms with Crippen LogP contribution in [0.2, 0.25) is 0 Å². The number of hydrogen-bond donors (Lipinski definition) is 1. The summed E-state index contributed by atoms with van der Waals surface area (Å²) in [4.78, 5) is 0. The molecule has 5 unspecified atom stereocenters. The topological polar surface area (TPSA) is 20.2 Å². The third kappa shape index (κ3) is 1.52. The van der Waals surface area contributed by atoms with Gasteiger partial charge >= 0.3 is 0 Å². The van der Waals surface area contributed by atoms with E-state index in [1.807, 2.05) is 11.1 Å². The van der Waals surface area contributed by atoms with Crippen LogP contribution in [0.4, 0.5) is 0 Å². The number of allylic oxidation sites excluding steroid dienone is 1. The van der Waals surface area contributed by atoms with Crippen molar-refractivity contribution in [3.63, 3.8) is 0 Å². The smallest absolute Gasteiger partial charge is 0.0634 e. The first-order valence-corrected chi connectivity index (χ1v) is 9.68. The molecule has 1 nitrogen and oxygen atoms in total. The standard InChI is InChI=1S/C20H28O/c21-20-16-7-12-6-15(9-16)19(17(20)8-12)18-13-2-10-1-11(4-13)5-14(18)3-10/h10-17,20-21H,1-9H2. The van der Waals surface area contributed by atoms with Crippen molar-refractivity contribution in [2.45, 2.75) is 63.9 Å². The van der Waals surface area contributed by atoms with E-state index in [0.29, 0.717) is 11.8 Å². The minimum atomic E-state index is 0.0255. The third-order valence-corrected chi connectivity index (χ3v) is 8.51. The fraction of sp³-hybridized carbons (Fsp3) is 0.900. The zero-order valence-electron chi connectivity index (χ0n) is 13.0. The Kier molecular flexibility index (Phi) is 2.29. The SMILES string of the molecule is OC1C2CC3CC(C2)C(=C2C4CC5CC(C4)CC2C5)C1C3. The maximum absolute atomic E-state index is 10.8. The Morgan fingerprint density at radius 3 is 1.81 bits per heavy atom. The number of hydrogen-bond acceptors (Lipinski definition) is 1. The van der Waals surface area contributed by atoms with Gasteiger partial charge in [0.1, 0.15) is 0 Å². The quantitative estimate of drug-likeness (QED) is 0.662. The van der Waals surface area contributed by atoms with Crippen molar-refractivity contribution in [3.05, 3.63) is 11.1 Å². The maximum atomic E-state index is 10.8. The molecular weight excluding hydrogens is 256 g/mol. The molecule has 8 fully saturated rings. The first-order valence-electron chi connectivity index (χ1n) is 9.68. The molecule has 0 spiro atoms. The summed E-state index contributed by atoms with van der Waals surface area (Å²) in [5.41, 5.74) is 3.79. The molecule has 0 aromatic heterocycles. The summed E-state index contributed by atoms with van der Waals surface area (Å²) in [5.74, 6) is 7.13. The lowest BCUT2D eigenvalue weighted by atomic mass is 9.47. The van der Waals surface area contributed by atoms with Gasteiger partial charge in [-0.1, -0.05) is 11.1 Å². The molecule has 5 atom stereocenters. The molecule has 8 aliphatic carbocycles. The van der Waals surface area contributed by atoms with Crippen molar-refractivity contribution >= 4 is 0 Å². The van der Waals surface area contributed by atoms with Gasteiger partial charge in [0.15, 0.2) is 0 Å². The van der Waals surface area contributed by atoms with Gasteiger partial charge in [-0.05, 0) is 99.2 Å². The fourth-order valence-corrected chi connectivity index (χ4v) is 8.26. The van der Waals surface area contributed by atoms with Crippen LogP contribution in [0.15, 0.2) is 11.1 Å². The molecule has 0 aromatic rings. The Morgan fingerprint density at radius 1 is 0.571 bits per heavy atom. The second-order valence-corrected chi connectivity index (χ2v) is 9.58. The van der Waals surface area contributed by atoms with Gasteiger partial charge in [0.2, 0.25) is 0 Å². The predicted octanol–water partition coefficient (Wildman–Crippen LogP) is 4.17. The highest BCUT2D eigenvalue weighted by Gasteiger charge is 2.54. The minimum absolute atomic E-state index is 0.0255. The monoisotopic (exact) mass is 284 g/mol. The van der Waals surface area contributed by atoms with Gasteiger partial charge in [0, 0.05) is 5.92 Å². The molecule has 0 heterocycles. The van der Waals surface area contributed by atoms with E-state index in [1.54, 1.807) is 6.42 Å². The lowest BCUT2D eigenvalue weighted by Gasteiger charge is -2.59. The van der Waals surface area contributed by atoms with E-state index in [1.165, 1.54) is 51.4 Å². The van der Waals surface area contributed by atoms with Crippen LogP contribution in [-0.4, -0.2) is 11.2 Å². The minimum Gasteiger partial charge on any atom is -0.392 e. The maximum Gasteiger partial charge on any atom is 0.0634 e. The highest BCUT2D eigenvalue weighted by Crippen LogP contribution is 2.63. The lowest BCUT2D eigenvalue weighted by molar-refractivity contribution is -0.0620. The zero-order chi connectivity index (χ0) is 13.7. The van der Waals surface area contributed by atoms with E-state index >= 15 is 0 Å². The summed E-state index contributed by atoms with van der Waals surface area (Å²) in [6, 6.07) is 0. The first kappa shape index (κ1) is 12.2. The largest absolute Gasteiger partial charge is 0.392 e. The molecule has 1 N–H and O–H groups in total. The van der Waals surface area contributed by atoms with Crippen LogP contribution in [0.5, 0.6) is 0 Å². The Hall–Kier alpha value is -0.300. The van der Waals surface area contributed by atoms with Crippen LogP contribution < -0.4 is 0 Å². The Bertz CT molecular complexity index is 488. The van der Waals surface area contributed by atoms with Gasteiger partial charge in [-0.3, -0.25) is 0 Å². The molecule has 0 aromatic carbocycles. The fourth-order valence-electron chi connectivity index (χ4n) is 8.26. The van der Waals surface area contributed by atoms with E-state index in [0.717, 1.165) is 35.5 Å². The van der Waals surface area contributed by atoms with E-state index in [2.05, 4.69) is 0 Å². The summed E-state index contributed by atoms with van der Waals surface area (Å²) in [6.45, 7) is 0. The molecule has 8 aliphatic rings. The summed E-state index contributed by atoms with van der Waals surface area (Å²) in [7, 11) is 0. The van der Waals surface area contributed by atoms with Crippen molar-refractivity contribution in [2.24, 2.45) is 47.3 Å². The molecule has 0 saturated heterocycles. The van der Waals surface area contributed by atoms with Gasteiger partial charge in [0.05, 0.1) is 6.10 Å². The molecule has 0 amide bonds. The van der Waals surface area contributed by atoms with E-state index in [4.69, 9.17) is 0 Å². The van der Waals surface area contributed by atoms with E-state index in [-0.39, 0.29) is 6.10 Å². The molecule has 0 radical (unpaired) electrons. The summed E-state index contributed by atoms with van der Waals surface area (Å²) in [5, 5.41) is 10.8. The van der Waals surface area contributed by atoms with Crippen molar-refractivity contribution in [3.8, 4) is 0 Å². The predicted molar refractivity (Wildman–Crippen MR) is 82.5 cm³/mol. The van der Waals surface area contributed by atoms with Gasteiger partial charge in [-0.2, -0.15) is 0 Å². The van der Waals surface area contributed by atoms with Crippen LogP contribution in [0, 0.1) is 47.3 Å². The Labute approximate surface area is 128 Å². The summed E-state index contributed by atoms with van der Waals surface area (Å²) < 4.78 is 0. The molecule has 114 valence electrons. The third-order valence-electron chi connectivity index (χ3n) is 8.51. The summed E-state index contributed by atoms with van der Waals surface area (Å²) in [6.07, 6.45) is 13.1. The second-order valence-electron chi connectivity index (χ2n) is 9.58. The van der Waals surface area contributed by atoms with Gasteiger partial charge in [-0.25, -0.2) is 0 Å². The molecular formula is C20H28O. The number of rotatable bonds is 0. The average Bonchev–Trinajstić information content (AvgIpc) is 2.45. The van der Waals surface area contributed by atoms with E-state index < -0.39 is 0 Å². The van der Waals surface area contributed by atoms with Gasteiger partial charge in [0.25, 0.3) is 0 Å². The number of aliphatic hydroxyl groups excluding tert-OH is 1. The normalized spacial score (nSPS) is 60.1. The zero-order valence-corrected chi connectivity index (χ0v) is 13.0. The second kappa shape index (κ2) is 3.96. The molecule has 1 heteroatoms. The average molecular weight is 284 g/mol. The van der Waals surface area contributed by atoms with Crippen LogP contribution in [0.3, 0.4) is 0 Å². The molecule has 8 rings (SSSR count). The van der Waals surface area contributed by atoms with E-state index in [9.17, 15) is 5.11 Å². The van der Waals surface area contributed by atoms with Gasteiger partial charge < -0.3 is 5.11 Å². The highest BCUT2D eigenvalue weighted by molar-refractivity contribution is 5.34. The van der Waals surface area contributed by atoms with Crippen LogP contribution >= 0.6 is 0 Å². The van der Waals surface area contributed by atoms with Crippen molar-refractivity contribution in [2.75, 3.05) is 0 Å². The Morgan fingerprint density at radius 2 is 1.14 bits per heavy atom. The molecule has 8 saturated carbocycles. The van der Waals surface area contributed by atoms with Crippen LogP contribution in [0.25, 0.3) is 0 Å². The molecule has 8 bridgehead atoms. The summed E-state index contributed by atoms with van der Waals surface area (Å²) >= 11 is 0. The van der Waals surface area contributed by atoms with Crippen LogP contribution in [-0.2, 0) is 0 Å².